The second kappa shape index (κ2) is 8.55. The Balaban J connectivity index is 1.27. The molecular weight excluding hydrogens is 422 g/mol. The van der Waals surface area contributed by atoms with Crippen LogP contribution in [-0.2, 0) is 6.54 Å². The van der Waals surface area contributed by atoms with Gasteiger partial charge in [-0.1, -0.05) is 36.0 Å². The van der Waals surface area contributed by atoms with Gasteiger partial charge in [0.15, 0.2) is 11.0 Å². The van der Waals surface area contributed by atoms with Crippen LogP contribution in [0.5, 0.6) is 0 Å². The van der Waals surface area contributed by atoms with Crippen molar-refractivity contribution in [2.45, 2.75) is 25.0 Å². The molecule has 0 saturated heterocycles. The quantitative estimate of drug-likeness (QED) is 0.241. The Morgan fingerprint density at radius 2 is 1.69 bits per heavy atom. The van der Waals surface area contributed by atoms with Crippen LogP contribution in [0.25, 0.3) is 22.2 Å². The van der Waals surface area contributed by atoms with Gasteiger partial charge in [0.1, 0.15) is 0 Å². The minimum absolute atomic E-state index is 0.222. The molecule has 0 unspecified atom stereocenters. The predicted octanol–water partition coefficient (Wildman–Crippen LogP) is 4.29. The summed E-state index contributed by atoms with van der Waals surface area (Å²) in [5.41, 5.74) is 2.11. The van der Waals surface area contributed by atoms with Crippen LogP contribution in [0.15, 0.2) is 66.1 Å². The fraction of sp³-hybridized carbons (Fsp3) is 0.208. The first-order valence-electron chi connectivity index (χ1n) is 10.5. The van der Waals surface area contributed by atoms with E-state index in [0.29, 0.717) is 29.8 Å². The lowest BCUT2D eigenvalue weighted by Gasteiger charge is -2.27. The van der Waals surface area contributed by atoms with Crippen molar-refractivity contribution < 1.29 is 9.59 Å². The van der Waals surface area contributed by atoms with Gasteiger partial charge in [-0.2, -0.15) is 0 Å². The van der Waals surface area contributed by atoms with Crippen molar-refractivity contribution in [3.63, 3.8) is 0 Å². The summed E-state index contributed by atoms with van der Waals surface area (Å²) in [4.78, 5) is 31.5. The molecule has 1 aliphatic rings. The van der Waals surface area contributed by atoms with Gasteiger partial charge in [-0.15, -0.1) is 10.2 Å². The molecule has 4 aromatic rings. The fourth-order valence-electron chi connectivity index (χ4n) is 4.06. The molecule has 160 valence electrons. The number of carbonyl (C=O) groups is 2. The van der Waals surface area contributed by atoms with Gasteiger partial charge in [-0.05, 0) is 43.0 Å². The lowest BCUT2D eigenvalue weighted by atomic mass is 9.94. The van der Waals surface area contributed by atoms with E-state index in [-0.39, 0.29) is 11.8 Å². The number of aromatic nitrogens is 4. The van der Waals surface area contributed by atoms with Gasteiger partial charge in [-0.25, -0.2) is 0 Å². The maximum Gasteiger partial charge on any atom is 0.261 e. The lowest BCUT2D eigenvalue weighted by Crippen LogP contribution is -2.41. The van der Waals surface area contributed by atoms with Crippen molar-refractivity contribution in [1.29, 1.82) is 0 Å². The number of carbonyl (C=O) groups excluding carboxylic acids is 2. The zero-order valence-corrected chi connectivity index (χ0v) is 18.4. The SMILES string of the molecule is CCn1c(SCCCN2C(=O)c3cccc4cccc(c34)C2=O)nnc1-c1cccnc1. The molecule has 0 saturated carbocycles. The van der Waals surface area contributed by atoms with E-state index in [2.05, 4.69) is 26.7 Å². The summed E-state index contributed by atoms with van der Waals surface area (Å²) in [6, 6.07) is 15.0. The molecule has 0 fully saturated rings. The minimum Gasteiger partial charge on any atom is -0.302 e. The van der Waals surface area contributed by atoms with Gasteiger partial charge in [-0.3, -0.25) is 19.5 Å². The molecule has 2 amide bonds. The number of amides is 2. The summed E-state index contributed by atoms with van der Waals surface area (Å²) in [6.07, 6.45) is 4.17. The van der Waals surface area contributed by atoms with Crippen molar-refractivity contribution >= 4 is 34.3 Å². The number of thioether (sulfide) groups is 1. The Labute approximate surface area is 189 Å². The third kappa shape index (κ3) is 3.46. The molecule has 0 atom stereocenters. The molecule has 0 N–H and O–H groups in total. The first-order chi connectivity index (χ1) is 15.7. The maximum atomic E-state index is 13.0. The topological polar surface area (TPSA) is 81.0 Å². The summed E-state index contributed by atoms with van der Waals surface area (Å²) >= 11 is 1.58. The second-order valence-electron chi connectivity index (χ2n) is 7.47. The van der Waals surface area contributed by atoms with Crippen LogP contribution >= 0.6 is 11.8 Å². The van der Waals surface area contributed by atoms with Gasteiger partial charge in [0.2, 0.25) is 0 Å². The Kier molecular flexibility index (Phi) is 5.45. The van der Waals surface area contributed by atoms with E-state index >= 15 is 0 Å². The smallest absolute Gasteiger partial charge is 0.261 e. The molecule has 0 bridgehead atoms. The summed E-state index contributed by atoms with van der Waals surface area (Å²) in [5.74, 6) is 1.06. The standard InChI is InChI=1S/C24H21N5O2S/c1-2-28-21(17-9-5-12-25-15-17)26-27-24(28)32-14-6-13-29-22(30)18-10-3-7-16-8-4-11-19(20(16)18)23(29)31/h3-5,7-12,15H,2,6,13-14H2,1H3. The number of pyridine rings is 1. The van der Waals surface area contributed by atoms with Gasteiger partial charge < -0.3 is 4.57 Å². The Bertz CT molecular complexity index is 1270. The Morgan fingerprint density at radius 1 is 0.938 bits per heavy atom. The molecule has 7 nitrogen and oxygen atoms in total. The Morgan fingerprint density at radius 3 is 2.34 bits per heavy atom. The van der Waals surface area contributed by atoms with Crippen LogP contribution in [0.3, 0.4) is 0 Å². The van der Waals surface area contributed by atoms with E-state index < -0.39 is 0 Å². The third-order valence-electron chi connectivity index (χ3n) is 5.57. The summed E-state index contributed by atoms with van der Waals surface area (Å²) in [5, 5.41) is 11.2. The van der Waals surface area contributed by atoms with E-state index in [1.54, 1.807) is 36.3 Å². The zero-order chi connectivity index (χ0) is 22.1. The van der Waals surface area contributed by atoms with Crippen LogP contribution in [-0.4, -0.2) is 48.8 Å². The third-order valence-corrected chi connectivity index (χ3v) is 6.62. The monoisotopic (exact) mass is 443 g/mol. The van der Waals surface area contributed by atoms with E-state index in [9.17, 15) is 9.59 Å². The average molecular weight is 444 g/mol. The van der Waals surface area contributed by atoms with Crippen LogP contribution in [0.2, 0.25) is 0 Å². The molecule has 3 heterocycles. The lowest BCUT2D eigenvalue weighted by molar-refractivity contribution is 0.0611. The molecule has 0 aliphatic carbocycles. The fourth-order valence-corrected chi connectivity index (χ4v) is 4.98. The number of imide groups is 1. The summed E-state index contributed by atoms with van der Waals surface area (Å²) in [6.45, 7) is 3.16. The molecule has 0 spiro atoms. The largest absolute Gasteiger partial charge is 0.302 e. The highest BCUT2D eigenvalue weighted by Gasteiger charge is 2.32. The van der Waals surface area contributed by atoms with Crippen molar-refractivity contribution in [1.82, 2.24) is 24.6 Å². The molecule has 5 rings (SSSR count). The minimum atomic E-state index is -0.222. The van der Waals surface area contributed by atoms with E-state index in [0.717, 1.165) is 33.9 Å². The Hall–Kier alpha value is -3.52. The van der Waals surface area contributed by atoms with Gasteiger partial charge in [0, 0.05) is 53.3 Å². The van der Waals surface area contributed by atoms with Crippen molar-refractivity contribution in [3.05, 3.63) is 72.1 Å². The van der Waals surface area contributed by atoms with Crippen LogP contribution < -0.4 is 0 Å². The first-order valence-corrected chi connectivity index (χ1v) is 11.5. The average Bonchev–Trinajstić information content (AvgIpc) is 3.25. The first kappa shape index (κ1) is 20.4. The second-order valence-corrected chi connectivity index (χ2v) is 8.53. The van der Waals surface area contributed by atoms with Crippen LogP contribution in [0, 0.1) is 0 Å². The van der Waals surface area contributed by atoms with Crippen LogP contribution in [0.1, 0.15) is 34.1 Å². The van der Waals surface area contributed by atoms with Gasteiger partial charge >= 0.3 is 0 Å². The van der Waals surface area contributed by atoms with Crippen LogP contribution in [0.4, 0.5) is 0 Å². The van der Waals surface area contributed by atoms with Gasteiger partial charge in [0.05, 0.1) is 0 Å². The zero-order valence-electron chi connectivity index (χ0n) is 17.6. The highest BCUT2D eigenvalue weighted by molar-refractivity contribution is 7.99. The number of benzene rings is 2. The van der Waals surface area contributed by atoms with Gasteiger partial charge in [0.25, 0.3) is 11.8 Å². The molecule has 2 aromatic heterocycles. The molecule has 2 aromatic carbocycles. The van der Waals surface area contributed by atoms with Crippen molar-refractivity contribution in [2.24, 2.45) is 0 Å². The molecular formula is C24H21N5O2S. The molecule has 0 radical (unpaired) electrons. The molecule has 1 aliphatic heterocycles. The van der Waals surface area contributed by atoms with Crippen molar-refractivity contribution in [3.8, 4) is 11.4 Å². The number of hydrogen-bond acceptors (Lipinski definition) is 6. The summed E-state index contributed by atoms with van der Waals surface area (Å²) < 4.78 is 2.05. The number of rotatable bonds is 7. The highest BCUT2D eigenvalue weighted by Crippen LogP contribution is 2.30. The van der Waals surface area contributed by atoms with E-state index in [1.165, 1.54) is 4.90 Å². The molecule has 8 heteroatoms. The maximum absolute atomic E-state index is 13.0. The van der Waals surface area contributed by atoms with Crippen molar-refractivity contribution in [2.75, 3.05) is 12.3 Å². The highest BCUT2D eigenvalue weighted by atomic mass is 32.2. The summed E-state index contributed by atoms with van der Waals surface area (Å²) in [7, 11) is 0. The molecule has 32 heavy (non-hydrogen) atoms. The number of nitrogens with zero attached hydrogens (tertiary/aromatic N) is 5. The van der Waals surface area contributed by atoms with E-state index in [4.69, 9.17) is 0 Å². The van der Waals surface area contributed by atoms with E-state index in [1.807, 2.05) is 36.4 Å². The number of hydrogen-bond donors (Lipinski definition) is 0. The normalized spacial score (nSPS) is 13.2. The predicted molar refractivity (Wildman–Crippen MR) is 124 cm³/mol.